The fraction of sp³-hybridized carbons (Fsp3) is 0.423. The molecule has 2 aliphatic rings. The van der Waals surface area contributed by atoms with Crippen molar-refractivity contribution in [1.29, 1.82) is 0 Å². The van der Waals surface area contributed by atoms with Gasteiger partial charge in [0.2, 0.25) is 5.92 Å². The molecule has 0 bridgehead atoms. The Balaban J connectivity index is 1.48. The average molecular weight is 439 g/mol. The maximum atomic E-state index is 13.8. The van der Waals surface area contributed by atoms with Crippen molar-refractivity contribution in [3.05, 3.63) is 64.8 Å². The topological polar surface area (TPSA) is 45.3 Å². The summed E-state index contributed by atoms with van der Waals surface area (Å²) >= 11 is 0. The van der Waals surface area contributed by atoms with Crippen LogP contribution < -0.4 is 4.74 Å². The van der Waals surface area contributed by atoms with Gasteiger partial charge in [-0.1, -0.05) is 18.2 Å². The van der Waals surface area contributed by atoms with Gasteiger partial charge in [-0.05, 0) is 79.1 Å². The molecule has 4 nitrogen and oxygen atoms in total. The van der Waals surface area contributed by atoms with Crippen molar-refractivity contribution in [2.45, 2.75) is 58.0 Å². The number of nitrogens with zero attached hydrogens (tertiary/aromatic N) is 1. The van der Waals surface area contributed by atoms with Gasteiger partial charge in [0.15, 0.2) is 0 Å². The fourth-order valence-electron chi connectivity index (χ4n) is 5.94. The van der Waals surface area contributed by atoms with E-state index in [2.05, 4.69) is 35.9 Å². The van der Waals surface area contributed by atoms with E-state index in [1.165, 1.54) is 22.1 Å². The highest BCUT2D eigenvalue weighted by molar-refractivity contribution is 5.87. The van der Waals surface area contributed by atoms with Crippen molar-refractivity contribution >= 4 is 17.4 Å². The Morgan fingerprint density at radius 3 is 2.59 bits per heavy atom. The molecule has 1 unspecified atom stereocenters. The van der Waals surface area contributed by atoms with Gasteiger partial charge in [-0.25, -0.2) is 8.78 Å². The number of carbonyl (C=O) groups is 1. The number of aromatic nitrogens is 1. The van der Waals surface area contributed by atoms with Crippen LogP contribution in [0.15, 0.2) is 42.6 Å². The van der Waals surface area contributed by atoms with Gasteiger partial charge >= 0.3 is 0 Å². The van der Waals surface area contributed by atoms with Crippen molar-refractivity contribution in [3.63, 3.8) is 0 Å². The Kier molecular flexibility index (Phi) is 5.08. The lowest BCUT2D eigenvalue weighted by Gasteiger charge is -2.54. The molecule has 2 aromatic carbocycles. The number of nitrogens with one attached hydrogen (secondary N) is 1. The quantitative estimate of drug-likeness (QED) is 0.492. The number of hydrogen-bond donors (Lipinski definition) is 1. The first kappa shape index (κ1) is 21.1. The van der Waals surface area contributed by atoms with Gasteiger partial charge in [-0.15, -0.1) is 0 Å². The molecule has 3 aromatic rings. The second-order valence-corrected chi connectivity index (χ2v) is 9.69. The summed E-state index contributed by atoms with van der Waals surface area (Å²) in [6.45, 7) is 6.22. The first-order chi connectivity index (χ1) is 15.3. The van der Waals surface area contributed by atoms with E-state index in [1.54, 1.807) is 12.1 Å². The van der Waals surface area contributed by atoms with Crippen molar-refractivity contribution in [1.82, 2.24) is 9.88 Å². The molecule has 1 saturated heterocycles. The van der Waals surface area contributed by atoms with E-state index in [1.807, 2.05) is 18.3 Å². The van der Waals surface area contributed by atoms with E-state index in [0.29, 0.717) is 12.2 Å². The molecule has 1 atom stereocenters. The van der Waals surface area contributed by atoms with Gasteiger partial charge in [0.05, 0.1) is 0 Å². The lowest BCUT2D eigenvalue weighted by molar-refractivity contribution is -0.186. The first-order valence-electron chi connectivity index (χ1n) is 11.2. The number of aromatic amines is 1. The molecule has 0 radical (unpaired) electrons. The lowest BCUT2D eigenvalue weighted by atomic mass is 9.59. The van der Waals surface area contributed by atoms with Crippen LogP contribution in [-0.2, 0) is 11.3 Å². The SMILES string of the molecule is Cc1cc(C)c2[nH]ccc2c1CN1CCC2(CC1c1ccc(OC=O)cc1)CC(F)(F)C2. The van der Waals surface area contributed by atoms with E-state index in [9.17, 15) is 13.6 Å². The number of alkyl halides is 2. The summed E-state index contributed by atoms with van der Waals surface area (Å²) in [7, 11) is 0. The number of hydrogen-bond acceptors (Lipinski definition) is 3. The molecule has 1 spiro atoms. The molecule has 1 aliphatic carbocycles. The summed E-state index contributed by atoms with van der Waals surface area (Å²) in [4.78, 5) is 16.4. The molecule has 1 N–H and O–H groups in total. The number of halogens is 2. The van der Waals surface area contributed by atoms with Crippen LogP contribution in [0.4, 0.5) is 8.78 Å². The van der Waals surface area contributed by atoms with E-state index in [4.69, 9.17) is 4.74 Å². The highest BCUT2D eigenvalue weighted by atomic mass is 19.3. The van der Waals surface area contributed by atoms with E-state index < -0.39 is 5.92 Å². The number of likely N-dealkylation sites (tertiary alicyclic amines) is 1. The normalized spacial score (nSPS) is 22.1. The van der Waals surface area contributed by atoms with Crippen LogP contribution in [0.5, 0.6) is 5.75 Å². The standard InChI is InChI=1S/C26H28F2N2O2/c1-17-11-18(2)24-21(7-9-29-24)22(17)13-30-10-8-25(14-26(27,28)15-25)12-23(30)19-3-5-20(6-4-19)32-16-31/h3-7,9,11,16,23,29H,8,10,12-15H2,1-2H3. The summed E-state index contributed by atoms with van der Waals surface area (Å²) in [5.74, 6) is -2.04. The predicted octanol–water partition coefficient (Wildman–Crippen LogP) is 6.07. The van der Waals surface area contributed by atoms with Gasteiger partial charge in [0, 0.05) is 42.5 Å². The van der Waals surface area contributed by atoms with Crippen molar-refractivity contribution in [2.24, 2.45) is 5.41 Å². The molecule has 1 saturated carbocycles. The van der Waals surface area contributed by atoms with Crippen LogP contribution in [0.25, 0.3) is 10.9 Å². The van der Waals surface area contributed by atoms with Crippen LogP contribution in [-0.4, -0.2) is 28.8 Å². The third-order valence-corrected chi connectivity index (χ3v) is 7.45. The number of H-pyrrole nitrogens is 1. The largest absolute Gasteiger partial charge is 0.429 e. The third-order valence-electron chi connectivity index (χ3n) is 7.45. The maximum absolute atomic E-state index is 13.8. The zero-order chi connectivity index (χ0) is 22.5. The van der Waals surface area contributed by atoms with Crippen LogP contribution in [0, 0.1) is 19.3 Å². The van der Waals surface area contributed by atoms with Crippen LogP contribution in [0.2, 0.25) is 0 Å². The minimum atomic E-state index is -2.53. The number of aryl methyl sites for hydroxylation is 2. The summed E-state index contributed by atoms with van der Waals surface area (Å²) in [6, 6.07) is 11.9. The number of piperidine rings is 1. The van der Waals surface area contributed by atoms with Crippen LogP contribution in [0.3, 0.4) is 0 Å². The number of carbonyl (C=O) groups excluding carboxylic acids is 1. The van der Waals surface area contributed by atoms with Gasteiger partial charge in [-0.2, -0.15) is 0 Å². The molecule has 5 rings (SSSR count). The second-order valence-electron chi connectivity index (χ2n) is 9.69. The zero-order valence-electron chi connectivity index (χ0n) is 18.5. The van der Waals surface area contributed by atoms with Crippen molar-refractivity contribution < 1.29 is 18.3 Å². The molecule has 6 heteroatoms. The summed E-state index contributed by atoms with van der Waals surface area (Å²) in [6.07, 6.45) is 3.47. The first-order valence-corrected chi connectivity index (χ1v) is 11.2. The number of fused-ring (bicyclic) bond motifs is 1. The Morgan fingerprint density at radius 2 is 1.91 bits per heavy atom. The average Bonchev–Trinajstić information content (AvgIpc) is 3.22. The van der Waals surface area contributed by atoms with Crippen molar-refractivity contribution in [2.75, 3.05) is 6.54 Å². The molecule has 1 aliphatic heterocycles. The van der Waals surface area contributed by atoms with Gasteiger partial charge in [0.25, 0.3) is 6.47 Å². The third kappa shape index (κ3) is 3.71. The second kappa shape index (κ2) is 7.69. The smallest absolute Gasteiger partial charge is 0.298 e. The van der Waals surface area contributed by atoms with E-state index in [0.717, 1.165) is 37.0 Å². The highest BCUT2D eigenvalue weighted by Crippen LogP contribution is 2.60. The molecule has 32 heavy (non-hydrogen) atoms. The molecular weight excluding hydrogens is 410 g/mol. The molecular formula is C26H28F2N2O2. The number of rotatable bonds is 5. The Morgan fingerprint density at radius 1 is 1.16 bits per heavy atom. The van der Waals surface area contributed by atoms with E-state index >= 15 is 0 Å². The zero-order valence-corrected chi connectivity index (χ0v) is 18.5. The maximum Gasteiger partial charge on any atom is 0.298 e. The summed E-state index contributed by atoms with van der Waals surface area (Å²) in [5, 5.41) is 1.23. The predicted molar refractivity (Wildman–Crippen MR) is 120 cm³/mol. The van der Waals surface area contributed by atoms with E-state index in [-0.39, 0.29) is 24.3 Å². The fourth-order valence-corrected chi connectivity index (χ4v) is 5.94. The lowest BCUT2D eigenvalue weighted by Crippen LogP contribution is -2.53. The molecule has 0 amide bonds. The van der Waals surface area contributed by atoms with Gasteiger partial charge in [0.1, 0.15) is 5.75 Å². The van der Waals surface area contributed by atoms with Crippen LogP contribution in [0.1, 0.15) is 54.0 Å². The molecule has 2 fully saturated rings. The summed E-state index contributed by atoms with van der Waals surface area (Å²) < 4.78 is 32.6. The molecule has 2 heterocycles. The number of ether oxygens (including phenoxy) is 1. The van der Waals surface area contributed by atoms with Crippen LogP contribution >= 0.6 is 0 Å². The summed E-state index contributed by atoms with van der Waals surface area (Å²) in [5.41, 5.74) is 5.71. The molecule has 1 aromatic heterocycles. The highest BCUT2D eigenvalue weighted by Gasteiger charge is 2.58. The minimum absolute atomic E-state index is 0.0116. The Labute approximate surface area is 186 Å². The van der Waals surface area contributed by atoms with Crippen molar-refractivity contribution in [3.8, 4) is 5.75 Å². The number of benzene rings is 2. The van der Waals surface area contributed by atoms with Gasteiger partial charge in [-0.3, -0.25) is 9.69 Å². The van der Waals surface area contributed by atoms with Gasteiger partial charge < -0.3 is 9.72 Å². The molecule has 168 valence electrons. The Bertz CT molecular complexity index is 1140. The minimum Gasteiger partial charge on any atom is -0.429 e. The Hall–Kier alpha value is -2.73. The monoisotopic (exact) mass is 438 g/mol.